The number of carboxylic acids is 1. The van der Waals surface area contributed by atoms with Gasteiger partial charge in [0.15, 0.2) is 0 Å². The van der Waals surface area contributed by atoms with Crippen LogP contribution >= 0.6 is 0 Å². The topological polar surface area (TPSA) is 83.5 Å². The maximum absolute atomic E-state index is 12.2. The number of aromatic carboxylic acids is 1. The first-order chi connectivity index (χ1) is 8.81. The third-order valence-electron chi connectivity index (χ3n) is 2.57. The minimum Gasteiger partial charge on any atom is -0.478 e. The highest BCUT2D eigenvalue weighted by atomic mass is 32.2. The lowest BCUT2D eigenvalue weighted by molar-refractivity contribution is 0.0696. The van der Waals surface area contributed by atoms with Crippen LogP contribution in [0.4, 0.5) is 0 Å². The average molecular weight is 281 g/mol. The zero-order chi connectivity index (χ0) is 14.6. The van der Waals surface area contributed by atoms with E-state index in [9.17, 15) is 13.2 Å². The van der Waals surface area contributed by atoms with Crippen molar-refractivity contribution in [1.29, 1.82) is 0 Å². The summed E-state index contributed by atoms with van der Waals surface area (Å²) < 4.78 is 26.6. The molecule has 1 rings (SSSR count). The van der Waals surface area contributed by atoms with E-state index in [0.29, 0.717) is 12.0 Å². The van der Waals surface area contributed by atoms with Crippen LogP contribution in [0.3, 0.4) is 0 Å². The van der Waals surface area contributed by atoms with Crippen molar-refractivity contribution in [1.82, 2.24) is 4.72 Å². The Morgan fingerprint density at radius 3 is 2.63 bits per heavy atom. The Labute approximate surface area is 112 Å². The molecule has 0 saturated carbocycles. The molecular formula is C13H15NO4S. The SMILES string of the molecule is C#CC(C)NS(=O)(=O)c1cc(C(=O)O)ccc1CC. The summed E-state index contributed by atoms with van der Waals surface area (Å²) in [4.78, 5) is 10.9. The lowest BCUT2D eigenvalue weighted by Gasteiger charge is -2.13. The highest BCUT2D eigenvalue weighted by Gasteiger charge is 2.21. The maximum Gasteiger partial charge on any atom is 0.335 e. The van der Waals surface area contributed by atoms with Gasteiger partial charge in [-0.1, -0.05) is 18.9 Å². The van der Waals surface area contributed by atoms with Crippen LogP contribution in [0, 0.1) is 12.3 Å². The fourth-order valence-corrected chi connectivity index (χ4v) is 3.06. The van der Waals surface area contributed by atoms with Crippen molar-refractivity contribution in [2.75, 3.05) is 0 Å². The van der Waals surface area contributed by atoms with E-state index in [1.165, 1.54) is 19.1 Å². The number of aryl methyl sites for hydroxylation is 1. The smallest absolute Gasteiger partial charge is 0.335 e. The van der Waals surface area contributed by atoms with E-state index < -0.39 is 22.0 Å². The first kappa shape index (κ1) is 15.2. The predicted molar refractivity (Wildman–Crippen MR) is 71.4 cm³/mol. The van der Waals surface area contributed by atoms with E-state index in [1.54, 1.807) is 6.92 Å². The quantitative estimate of drug-likeness (QED) is 0.796. The van der Waals surface area contributed by atoms with Gasteiger partial charge in [-0.2, -0.15) is 4.72 Å². The second-order valence-electron chi connectivity index (χ2n) is 3.99. The molecule has 6 heteroatoms. The summed E-state index contributed by atoms with van der Waals surface area (Å²) in [6.07, 6.45) is 5.61. The molecular weight excluding hydrogens is 266 g/mol. The summed E-state index contributed by atoms with van der Waals surface area (Å²) in [6.45, 7) is 3.32. The van der Waals surface area contributed by atoms with Gasteiger partial charge < -0.3 is 5.11 Å². The molecule has 1 aromatic rings. The van der Waals surface area contributed by atoms with Gasteiger partial charge in [-0.05, 0) is 31.0 Å². The summed E-state index contributed by atoms with van der Waals surface area (Å²) in [5.74, 6) is 1.08. The van der Waals surface area contributed by atoms with E-state index in [1.807, 2.05) is 0 Å². The number of carboxylic acid groups (broad SMARTS) is 1. The van der Waals surface area contributed by atoms with Crippen molar-refractivity contribution in [3.63, 3.8) is 0 Å². The Morgan fingerprint density at radius 1 is 1.53 bits per heavy atom. The Hall–Kier alpha value is -1.84. The number of terminal acetylenes is 1. The fourth-order valence-electron chi connectivity index (χ4n) is 1.56. The summed E-state index contributed by atoms with van der Waals surface area (Å²) in [6, 6.07) is 3.36. The lowest BCUT2D eigenvalue weighted by Crippen LogP contribution is -2.32. The zero-order valence-corrected chi connectivity index (χ0v) is 11.5. The van der Waals surface area contributed by atoms with Crippen molar-refractivity contribution < 1.29 is 18.3 Å². The molecule has 0 bridgehead atoms. The Morgan fingerprint density at radius 2 is 2.16 bits per heavy atom. The normalized spacial score (nSPS) is 12.7. The minimum atomic E-state index is -3.83. The molecule has 1 unspecified atom stereocenters. The van der Waals surface area contributed by atoms with E-state index in [-0.39, 0.29) is 10.5 Å². The Kier molecular flexibility index (Phi) is 4.70. The van der Waals surface area contributed by atoms with Crippen LogP contribution in [0.2, 0.25) is 0 Å². The van der Waals surface area contributed by atoms with Gasteiger partial charge in [0.05, 0.1) is 16.5 Å². The fraction of sp³-hybridized carbons (Fsp3) is 0.308. The zero-order valence-electron chi connectivity index (χ0n) is 10.7. The number of sulfonamides is 1. The second-order valence-corrected chi connectivity index (χ2v) is 5.67. The van der Waals surface area contributed by atoms with Gasteiger partial charge >= 0.3 is 5.97 Å². The van der Waals surface area contributed by atoms with Gasteiger partial charge in [0.25, 0.3) is 0 Å². The molecule has 0 aliphatic rings. The molecule has 102 valence electrons. The molecule has 0 fully saturated rings. The van der Waals surface area contributed by atoms with Crippen molar-refractivity contribution in [2.45, 2.75) is 31.2 Å². The predicted octanol–water partition coefficient (Wildman–Crippen LogP) is 1.25. The molecule has 0 aliphatic heterocycles. The summed E-state index contributed by atoms with van der Waals surface area (Å²) in [5, 5.41) is 8.92. The molecule has 19 heavy (non-hydrogen) atoms. The number of nitrogens with one attached hydrogen (secondary N) is 1. The van der Waals surface area contributed by atoms with E-state index in [4.69, 9.17) is 11.5 Å². The van der Waals surface area contributed by atoms with Crippen LogP contribution in [-0.2, 0) is 16.4 Å². The molecule has 0 radical (unpaired) electrons. The number of carbonyl (C=O) groups is 1. The van der Waals surface area contributed by atoms with E-state index in [0.717, 1.165) is 6.07 Å². The Balaban J connectivity index is 3.35. The van der Waals surface area contributed by atoms with Crippen molar-refractivity contribution in [3.05, 3.63) is 29.3 Å². The summed E-state index contributed by atoms with van der Waals surface area (Å²) in [7, 11) is -3.83. The van der Waals surface area contributed by atoms with Crippen molar-refractivity contribution in [3.8, 4) is 12.3 Å². The molecule has 5 nitrogen and oxygen atoms in total. The molecule has 0 heterocycles. The van der Waals surface area contributed by atoms with Crippen LogP contribution in [0.25, 0.3) is 0 Å². The van der Waals surface area contributed by atoms with Gasteiger partial charge in [-0.25, -0.2) is 13.2 Å². The minimum absolute atomic E-state index is 0.0444. The first-order valence-electron chi connectivity index (χ1n) is 5.66. The molecule has 1 atom stereocenters. The van der Waals surface area contributed by atoms with Gasteiger partial charge in [0, 0.05) is 0 Å². The van der Waals surface area contributed by atoms with E-state index in [2.05, 4.69) is 10.6 Å². The number of benzene rings is 1. The van der Waals surface area contributed by atoms with Crippen molar-refractivity contribution in [2.24, 2.45) is 0 Å². The molecule has 0 saturated heterocycles. The van der Waals surface area contributed by atoms with Crippen LogP contribution in [0.15, 0.2) is 23.1 Å². The molecule has 0 aliphatic carbocycles. The summed E-state index contributed by atoms with van der Waals surface area (Å²) >= 11 is 0. The third-order valence-corrected chi connectivity index (χ3v) is 4.19. The lowest BCUT2D eigenvalue weighted by atomic mass is 10.1. The second kappa shape index (κ2) is 5.87. The summed E-state index contributed by atoms with van der Waals surface area (Å²) in [5.41, 5.74) is 0.465. The van der Waals surface area contributed by atoms with Crippen LogP contribution in [0.1, 0.15) is 29.8 Å². The molecule has 0 spiro atoms. The maximum atomic E-state index is 12.2. The van der Waals surface area contributed by atoms with Gasteiger partial charge in [0.2, 0.25) is 10.0 Å². The van der Waals surface area contributed by atoms with Gasteiger partial charge in [-0.3, -0.25) is 0 Å². The highest BCUT2D eigenvalue weighted by Crippen LogP contribution is 2.19. The monoisotopic (exact) mass is 281 g/mol. The molecule has 0 amide bonds. The average Bonchev–Trinajstić information content (AvgIpc) is 2.37. The molecule has 1 aromatic carbocycles. The highest BCUT2D eigenvalue weighted by molar-refractivity contribution is 7.89. The standard InChI is InChI=1S/C13H15NO4S/c1-4-9(3)14-19(17,18)12-8-11(13(15)16)7-6-10(12)5-2/h1,6-9,14H,5H2,2-3H3,(H,15,16). The number of hydrogen-bond acceptors (Lipinski definition) is 3. The number of rotatable bonds is 5. The molecule has 2 N–H and O–H groups in total. The van der Waals surface area contributed by atoms with Gasteiger partial charge in [-0.15, -0.1) is 6.42 Å². The molecule has 0 aromatic heterocycles. The first-order valence-corrected chi connectivity index (χ1v) is 7.14. The van der Waals surface area contributed by atoms with Gasteiger partial charge in [0.1, 0.15) is 0 Å². The van der Waals surface area contributed by atoms with Crippen LogP contribution in [-0.4, -0.2) is 25.5 Å². The van der Waals surface area contributed by atoms with E-state index >= 15 is 0 Å². The Bertz CT molecular complexity index is 629. The largest absolute Gasteiger partial charge is 0.478 e. The number of hydrogen-bond donors (Lipinski definition) is 2. The van der Waals surface area contributed by atoms with Crippen LogP contribution < -0.4 is 4.72 Å². The van der Waals surface area contributed by atoms with Crippen LogP contribution in [0.5, 0.6) is 0 Å². The van der Waals surface area contributed by atoms with Crippen molar-refractivity contribution >= 4 is 16.0 Å². The third kappa shape index (κ3) is 3.56.